The number of nitrogens with one attached hydrogen (secondary N) is 1. The molecule has 0 aliphatic heterocycles. The molecular weight excluding hydrogens is 330 g/mol. The average molecular weight is 347 g/mol. The van der Waals surface area contributed by atoms with E-state index in [1.165, 1.54) is 37.4 Å². The Hall–Kier alpha value is -1.67. The van der Waals surface area contributed by atoms with Gasteiger partial charge in [0.2, 0.25) is 16.9 Å². The van der Waals surface area contributed by atoms with Crippen LogP contribution in [0.3, 0.4) is 0 Å². The lowest BCUT2D eigenvalue weighted by Gasteiger charge is -2.03. The Bertz CT molecular complexity index is 746. The highest BCUT2D eigenvalue weighted by atomic mass is 32.2. The van der Waals surface area contributed by atoms with Crippen molar-refractivity contribution in [1.82, 2.24) is 25.3 Å². The summed E-state index contributed by atoms with van der Waals surface area (Å²) in [6.45, 7) is 0. The van der Waals surface area contributed by atoms with E-state index in [0.717, 1.165) is 28.2 Å². The van der Waals surface area contributed by atoms with Crippen molar-refractivity contribution in [3.8, 4) is 10.7 Å². The predicted molar refractivity (Wildman–Crippen MR) is 89.2 cm³/mol. The molecule has 3 aromatic heterocycles. The fourth-order valence-corrected chi connectivity index (χ4v) is 4.17. The molecule has 23 heavy (non-hydrogen) atoms. The smallest absolute Gasteiger partial charge is 0.237 e. The van der Waals surface area contributed by atoms with Crippen LogP contribution in [0.25, 0.3) is 10.7 Å². The minimum atomic E-state index is 0.582. The van der Waals surface area contributed by atoms with Crippen molar-refractivity contribution in [2.24, 2.45) is 5.92 Å². The maximum atomic E-state index is 5.28. The molecule has 3 aromatic rings. The number of hydrogen-bond acceptors (Lipinski definition) is 7. The first-order chi connectivity index (χ1) is 11.4. The summed E-state index contributed by atoms with van der Waals surface area (Å²) in [4.78, 5) is 9.97. The molecule has 1 N–H and O–H groups in total. The number of nitrogens with zero attached hydrogens (tertiary/aromatic N) is 4. The highest BCUT2D eigenvalue weighted by Gasteiger charge is 2.18. The molecule has 0 atom stereocenters. The van der Waals surface area contributed by atoms with Gasteiger partial charge in [0, 0.05) is 6.42 Å². The van der Waals surface area contributed by atoms with Crippen molar-refractivity contribution in [3.05, 3.63) is 29.2 Å². The molecule has 0 spiro atoms. The topological polar surface area (TPSA) is 80.5 Å². The van der Waals surface area contributed by atoms with Gasteiger partial charge in [0.05, 0.1) is 10.6 Å². The third-order valence-electron chi connectivity index (χ3n) is 4.00. The van der Waals surface area contributed by atoms with E-state index in [2.05, 4.69) is 25.3 Å². The molecule has 1 fully saturated rings. The zero-order valence-electron chi connectivity index (χ0n) is 12.6. The average Bonchev–Trinajstić information content (AvgIpc) is 3.33. The maximum absolute atomic E-state index is 5.28. The Balaban J connectivity index is 1.33. The number of rotatable bonds is 6. The summed E-state index contributed by atoms with van der Waals surface area (Å²) in [6, 6.07) is 3.96. The Morgan fingerprint density at radius 3 is 3.04 bits per heavy atom. The number of aromatic amines is 1. The van der Waals surface area contributed by atoms with Gasteiger partial charge in [-0.05, 0) is 17.4 Å². The Morgan fingerprint density at radius 1 is 1.30 bits per heavy atom. The van der Waals surface area contributed by atoms with E-state index in [4.69, 9.17) is 4.52 Å². The highest BCUT2D eigenvalue weighted by molar-refractivity contribution is 7.98. The first-order valence-corrected chi connectivity index (χ1v) is 9.64. The Labute approximate surface area is 142 Å². The summed E-state index contributed by atoms with van der Waals surface area (Å²) in [7, 11) is 0. The third kappa shape index (κ3) is 3.64. The van der Waals surface area contributed by atoms with Gasteiger partial charge in [-0.2, -0.15) is 4.98 Å². The van der Waals surface area contributed by atoms with Gasteiger partial charge >= 0.3 is 0 Å². The van der Waals surface area contributed by atoms with Crippen molar-refractivity contribution >= 4 is 23.1 Å². The monoisotopic (exact) mass is 347 g/mol. The second-order valence-electron chi connectivity index (χ2n) is 5.70. The lowest BCUT2D eigenvalue weighted by atomic mass is 10.0. The van der Waals surface area contributed by atoms with E-state index in [9.17, 15) is 0 Å². The van der Waals surface area contributed by atoms with Crippen LogP contribution >= 0.6 is 23.1 Å². The van der Waals surface area contributed by atoms with Gasteiger partial charge in [-0.15, -0.1) is 16.4 Å². The lowest BCUT2D eigenvalue weighted by molar-refractivity contribution is 0.391. The molecule has 8 heteroatoms. The van der Waals surface area contributed by atoms with Crippen LogP contribution in [0.2, 0.25) is 0 Å². The van der Waals surface area contributed by atoms with E-state index in [1.807, 2.05) is 17.5 Å². The van der Waals surface area contributed by atoms with Crippen LogP contribution in [0.15, 0.2) is 27.2 Å². The zero-order chi connectivity index (χ0) is 15.5. The normalized spacial score (nSPS) is 15.5. The van der Waals surface area contributed by atoms with E-state index in [0.29, 0.717) is 17.5 Å². The molecule has 0 unspecified atom stereocenters. The molecular formula is C15H17N5OS2. The third-order valence-corrected chi connectivity index (χ3v) is 5.70. The van der Waals surface area contributed by atoms with Crippen molar-refractivity contribution < 1.29 is 4.52 Å². The van der Waals surface area contributed by atoms with Gasteiger partial charge in [-0.1, -0.05) is 48.7 Å². The van der Waals surface area contributed by atoms with E-state index in [-0.39, 0.29) is 0 Å². The van der Waals surface area contributed by atoms with Crippen LogP contribution in [-0.2, 0) is 12.2 Å². The second kappa shape index (κ2) is 6.84. The van der Waals surface area contributed by atoms with Crippen LogP contribution in [0.4, 0.5) is 0 Å². The van der Waals surface area contributed by atoms with Crippen molar-refractivity contribution in [1.29, 1.82) is 0 Å². The van der Waals surface area contributed by atoms with E-state index >= 15 is 0 Å². The zero-order valence-corrected chi connectivity index (χ0v) is 14.2. The molecule has 0 aromatic carbocycles. The predicted octanol–water partition coefficient (Wildman–Crippen LogP) is 3.94. The number of hydrogen-bond donors (Lipinski definition) is 1. The fraction of sp³-hybridized carbons (Fsp3) is 0.467. The van der Waals surface area contributed by atoms with Gasteiger partial charge in [0.1, 0.15) is 5.82 Å². The van der Waals surface area contributed by atoms with Crippen molar-refractivity contribution in [2.75, 3.05) is 0 Å². The molecule has 0 saturated heterocycles. The Morgan fingerprint density at radius 2 is 2.22 bits per heavy atom. The first kappa shape index (κ1) is 14.9. The fourth-order valence-electron chi connectivity index (χ4n) is 2.87. The summed E-state index contributed by atoms with van der Waals surface area (Å²) in [5.41, 5.74) is 0. The number of H-pyrrole nitrogens is 1. The maximum Gasteiger partial charge on any atom is 0.237 e. The van der Waals surface area contributed by atoms with Gasteiger partial charge in [-0.3, -0.25) is 5.10 Å². The lowest BCUT2D eigenvalue weighted by Crippen LogP contribution is -2.00. The number of thiophene rings is 1. The summed E-state index contributed by atoms with van der Waals surface area (Å²) in [5.74, 6) is 3.58. The Kier molecular flexibility index (Phi) is 4.43. The SMILES string of the molecule is c1csc(-c2noc(CSc3n[nH]c(CC4CCCC4)n3)n2)c1. The van der Waals surface area contributed by atoms with Gasteiger partial charge < -0.3 is 4.52 Å². The van der Waals surface area contributed by atoms with Crippen LogP contribution in [0, 0.1) is 5.92 Å². The standard InChI is InChI=1S/C15H17N5OS2/c1-2-5-10(4-1)8-12-16-15(19-18-12)23-9-13-17-14(20-21-13)11-6-3-7-22-11/h3,6-7,10H,1-2,4-5,8-9H2,(H,16,18,19). The van der Waals surface area contributed by atoms with Crippen molar-refractivity contribution in [2.45, 2.75) is 43.0 Å². The second-order valence-corrected chi connectivity index (χ2v) is 7.59. The molecule has 120 valence electrons. The first-order valence-electron chi connectivity index (χ1n) is 7.77. The molecule has 1 aliphatic carbocycles. The van der Waals surface area contributed by atoms with Gasteiger partial charge in [-0.25, -0.2) is 4.98 Å². The molecule has 0 amide bonds. The minimum absolute atomic E-state index is 0.582. The quantitative estimate of drug-likeness (QED) is 0.680. The van der Waals surface area contributed by atoms with E-state index < -0.39 is 0 Å². The number of aromatic nitrogens is 5. The van der Waals surface area contributed by atoms with Gasteiger partial charge in [0.25, 0.3) is 0 Å². The minimum Gasteiger partial charge on any atom is -0.338 e. The number of thioether (sulfide) groups is 1. The van der Waals surface area contributed by atoms with Crippen LogP contribution in [0.1, 0.15) is 37.4 Å². The van der Waals surface area contributed by atoms with Gasteiger partial charge in [0.15, 0.2) is 0 Å². The molecule has 4 rings (SSSR count). The van der Waals surface area contributed by atoms with Crippen LogP contribution in [0.5, 0.6) is 0 Å². The largest absolute Gasteiger partial charge is 0.338 e. The molecule has 0 bridgehead atoms. The summed E-state index contributed by atoms with van der Waals surface area (Å²) in [6.07, 6.45) is 6.35. The molecule has 0 radical (unpaired) electrons. The summed E-state index contributed by atoms with van der Waals surface area (Å²) < 4.78 is 5.28. The molecule has 1 saturated carbocycles. The van der Waals surface area contributed by atoms with Crippen LogP contribution in [-0.4, -0.2) is 25.3 Å². The highest BCUT2D eigenvalue weighted by Crippen LogP contribution is 2.28. The summed E-state index contributed by atoms with van der Waals surface area (Å²) in [5, 5.41) is 14.1. The summed E-state index contributed by atoms with van der Waals surface area (Å²) >= 11 is 3.12. The molecule has 1 aliphatic rings. The molecule has 6 nitrogen and oxygen atoms in total. The van der Waals surface area contributed by atoms with E-state index in [1.54, 1.807) is 11.3 Å². The van der Waals surface area contributed by atoms with Crippen LogP contribution < -0.4 is 0 Å². The van der Waals surface area contributed by atoms with Crippen molar-refractivity contribution in [3.63, 3.8) is 0 Å². The molecule has 3 heterocycles.